The average molecular weight is 344 g/mol. The molecule has 0 aliphatic rings. The number of alkyl halides is 2. The molecule has 0 aliphatic carbocycles. The molecule has 1 aromatic carbocycles. The Hall–Kier alpha value is -2.09. The number of hydrogen-bond acceptors (Lipinski definition) is 3. The van der Waals surface area contributed by atoms with Gasteiger partial charge in [0.25, 0.3) is 11.7 Å². The van der Waals surface area contributed by atoms with E-state index in [0.717, 1.165) is 12.1 Å². The van der Waals surface area contributed by atoms with Crippen molar-refractivity contribution < 1.29 is 22.4 Å². The van der Waals surface area contributed by atoms with Crippen LogP contribution in [0.15, 0.2) is 41.6 Å². The Labute approximate surface area is 134 Å². The monoisotopic (exact) mass is 344 g/mol. The van der Waals surface area contributed by atoms with Gasteiger partial charge in [-0.3, -0.25) is 4.79 Å². The van der Waals surface area contributed by atoms with Crippen LogP contribution in [-0.4, -0.2) is 16.6 Å². The van der Waals surface area contributed by atoms with Crippen LogP contribution in [0.4, 0.5) is 17.6 Å². The molecule has 1 unspecified atom stereocenters. The second kappa shape index (κ2) is 7.45. The number of halogens is 4. The van der Waals surface area contributed by atoms with Crippen LogP contribution in [0, 0.1) is 11.6 Å². The van der Waals surface area contributed by atoms with Gasteiger partial charge in [0.15, 0.2) is 11.6 Å². The third kappa shape index (κ3) is 4.44. The Morgan fingerprint density at radius 2 is 1.96 bits per heavy atom. The molecule has 1 aromatic heterocycles. The first-order valence-electron chi connectivity index (χ1n) is 6.54. The summed E-state index contributed by atoms with van der Waals surface area (Å²) in [6.45, 7) is 1.57. The number of carbonyl (C=O) groups is 1. The minimum Gasteiger partial charge on any atom is -0.345 e. The second-order valence-electron chi connectivity index (χ2n) is 4.60. The molecule has 23 heavy (non-hydrogen) atoms. The normalized spacial score (nSPS) is 12.3. The molecule has 3 nitrogen and oxygen atoms in total. The lowest BCUT2D eigenvalue weighted by molar-refractivity contribution is 0.0936. The Bertz CT molecular complexity index is 712. The van der Waals surface area contributed by atoms with Crippen LogP contribution in [-0.2, 0) is 0 Å². The Morgan fingerprint density at radius 1 is 1.22 bits per heavy atom. The van der Waals surface area contributed by atoms with E-state index in [2.05, 4.69) is 10.3 Å². The van der Waals surface area contributed by atoms with Crippen molar-refractivity contribution in [2.75, 3.05) is 0 Å². The molecule has 0 saturated carbocycles. The molecule has 0 radical (unpaired) electrons. The fraction of sp³-hybridized carbons (Fsp3) is 0.200. The van der Waals surface area contributed by atoms with Crippen LogP contribution < -0.4 is 5.32 Å². The summed E-state index contributed by atoms with van der Waals surface area (Å²) in [5.74, 6) is -5.35. The Balaban J connectivity index is 2.16. The molecule has 1 N–H and O–H groups in total. The van der Waals surface area contributed by atoms with Gasteiger partial charge in [0.05, 0.1) is 11.6 Å². The fourth-order valence-electron chi connectivity index (χ4n) is 1.88. The number of thioether (sulfide) groups is 1. The zero-order chi connectivity index (χ0) is 17.0. The minimum atomic E-state index is -2.71. The molecule has 0 spiro atoms. The lowest BCUT2D eigenvalue weighted by Crippen LogP contribution is -2.27. The van der Waals surface area contributed by atoms with Gasteiger partial charge in [-0.05, 0) is 48.5 Å². The Kier molecular flexibility index (Phi) is 5.59. The van der Waals surface area contributed by atoms with E-state index in [0.29, 0.717) is 5.56 Å². The van der Waals surface area contributed by atoms with E-state index in [1.165, 1.54) is 24.4 Å². The summed E-state index contributed by atoms with van der Waals surface area (Å²) >= 11 is 0.166. The predicted octanol–water partition coefficient (Wildman–Crippen LogP) is 4.17. The first-order valence-corrected chi connectivity index (χ1v) is 7.42. The number of hydrogen-bond donors (Lipinski definition) is 1. The maximum absolute atomic E-state index is 13.2. The van der Waals surface area contributed by atoms with Crippen molar-refractivity contribution in [2.24, 2.45) is 0 Å². The number of benzene rings is 1. The number of rotatable bonds is 5. The number of nitrogens with one attached hydrogen (secondary N) is 1. The highest BCUT2D eigenvalue weighted by Crippen LogP contribution is 2.26. The highest BCUT2D eigenvalue weighted by molar-refractivity contribution is 7.99. The van der Waals surface area contributed by atoms with Crippen molar-refractivity contribution in [3.63, 3.8) is 0 Å². The molecule has 0 bridgehead atoms. The van der Waals surface area contributed by atoms with E-state index < -0.39 is 29.3 Å². The fourth-order valence-corrected chi connectivity index (χ4v) is 2.46. The number of aromatic nitrogens is 1. The van der Waals surface area contributed by atoms with E-state index in [1.807, 2.05) is 0 Å². The van der Waals surface area contributed by atoms with Gasteiger partial charge in [-0.25, -0.2) is 13.8 Å². The summed E-state index contributed by atoms with van der Waals surface area (Å²) in [6, 6.07) is 5.44. The van der Waals surface area contributed by atoms with Gasteiger partial charge in [-0.1, -0.05) is 6.07 Å². The zero-order valence-electron chi connectivity index (χ0n) is 11.9. The largest absolute Gasteiger partial charge is 0.345 e. The minimum absolute atomic E-state index is 0.00719. The maximum Gasteiger partial charge on any atom is 0.290 e. The van der Waals surface area contributed by atoms with Crippen molar-refractivity contribution in [3.8, 4) is 0 Å². The van der Waals surface area contributed by atoms with E-state index in [9.17, 15) is 22.4 Å². The van der Waals surface area contributed by atoms with Crippen LogP contribution in [0.25, 0.3) is 0 Å². The van der Waals surface area contributed by atoms with Crippen molar-refractivity contribution in [1.29, 1.82) is 0 Å². The lowest BCUT2D eigenvalue weighted by Gasteiger charge is -2.15. The average Bonchev–Trinajstić information content (AvgIpc) is 2.49. The molecule has 1 amide bonds. The van der Waals surface area contributed by atoms with Crippen LogP contribution in [0.2, 0.25) is 0 Å². The number of carbonyl (C=O) groups excluding carboxylic acids is 1. The van der Waals surface area contributed by atoms with E-state index in [4.69, 9.17) is 0 Å². The smallest absolute Gasteiger partial charge is 0.290 e. The molecule has 2 rings (SSSR count). The Morgan fingerprint density at radius 3 is 2.61 bits per heavy atom. The maximum atomic E-state index is 13.2. The summed E-state index contributed by atoms with van der Waals surface area (Å²) in [5, 5.41) is 2.45. The summed E-state index contributed by atoms with van der Waals surface area (Å²) in [4.78, 5) is 16.0. The zero-order valence-corrected chi connectivity index (χ0v) is 12.7. The van der Waals surface area contributed by atoms with Gasteiger partial charge in [0, 0.05) is 6.20 Å². The summed E-state index contributed by atoms with van der Waals surface area (Å²) in [7, 11) is 0. The number of amides is 1. The molecular formula is C15H12F4N2OS. The van der Waals surface area contributed by atoms with Crippen molar-refractivity contribution in [1.82, 2.24) is 10.3 Å². The molecule has 122 valence electrons. The molecule has 0 aliphatic heterocycles. The van der Waals surface area contributed by atoms with Gasteiger partial charge in [0.2, 0.25) is 0 Å². The highest BCUT2D eigenvalue weighted by Gasteiger charge is 2.19. The topological polar surface area (TPSA) is 42.0 Å². The third-order valence-corrected chi connectivity index (χ3v) is 3.73. The first kappa shape index (κ1) is 17.3. The van der Waals surface area contributed by atoms with Crippen LogP contribution >= 0.6 is 11.8 Å². The standard InChI is InChI=1S/C15H12F4N2OS/c1-8(9-4-5-11(16)12(17)7-9)21-13(22)10-3-2-6-20-14(10)23-15(18)19/h2-8,15H,1H3,(H,21,22). The van der Waals surface area contributed by atoms with Crippen molar-refractivity contribution in [2.45, 2.75) is 23.7 Å². The molecule has 1 heterocycles. The van der Waals surface area contributed by atoms with Gasteiger partial charge < -0.3 is 5.32 Å². The van der Waals surface area contributed by atoms with Gasteiger partial charge >= 0.3 is 0 Å². The van der Waals surface area contributed by atoms with Crippen molar-refractivity contribution >= 4 is 17.7 Å². The molecule has 0 fully saturated rings. The van der Waals surface area contributed by atoms with E-state index >= 15 is 0 Å². The van der Waals surface area contributed by atoms with Crippen LogP contribution in [0.1, 0.15) is 28.9 Å². The molecule has 0 saturated heterocycles. The summed E-state index contributed by atoms with van der Waals surface area (Å²) in [6.07, 6.45) is 1.31. The quantitative estimate of drug-likeness (QED) is 0.654. The predicted molar refractivity (Wildman–Crippen MR) is 78.3 cm³/mol. The lowest BCUT2D eigenvalue weighted by atomic mass is 10.1. The van der Waals surface area contributed by atoms with Crippen molar-refractivity contribution in [3.05, 3.63) is 59.3 Å². The molecular weight excluding hydrogens is 332 g/mol. The van der Waals surface area contributed by atoms with E-state index in [-0.39, 0.29) is 22.4 Å². The summed E-state index contributed by atoms with van der Waals surface area (Å²) in [5.41, 5.74) is 0.344. The van der Waals surface area contributed by atoms with Gasteiger partial charge in [-0.15, -0.1) is 0 Å². The third-order valence-electron chi connectivity index (χ3n) is 3.01. The van der Waals surface area contributed by atoms with Crippen LogP contribution in [0.5, 0.6) is 0 Å². The number of nitrogens with zero attached hydrogens (tertiary/aromatic N) is 1. The second-order valence-corrected chi connectivity index (χ2v) is 5.58. The molecule has 2 aromatic rings. The van der Waals surface area contributed by atoms with E-state index in [1.54, 1.807) is 6.92 Å². The molecule has 1 atom stereocenters. The van der Waals surface area contributed by atoms with Crippen LogP contribution in [0.3, 0.4) is 0 Å². The summed E-state index contributed by atoms with van der Waals surface area (Å²) < 4.78 is 51.1. The highest BCUT2D eigenvalue weighted by atomic mass is 32.2. The van der Waals surface area contributed by atoms with Gasteiger partial charge in [0.1, 0.15) is 5.03 Å². The SMILES string of the molecule is CC(NC(=O)c1cccnc1SC(F)F)c1ccc(F)c(F)c1. The molecule has 8 heteroatoms. The number of pyridine rings is 1. The van der Waals surface area contributed by atoms with Gasteiger partial charge in [-0.2, -0.15) is 8.78 Å². The first-order chi connectivity index (χ1) is 10.9.